The second kappa shape index (κ2) is 9.88. The second-order valence-electron chi connectivity index (χ2n) is 5.32. The van der Waals surface area contributed by atoms with Crippen LogP contribution >= 0.6 is 12.8 Å². The van der Waals surface area contributed by atoms with Crippen LogP contribution in [0.2, 0.25) is 0 Å². The molecule has 0 saturated carbocycles. The highest BCUT2D eigenvalue weighted by atomic mass is 32.1. The number of hydrogen-bond donors (Lipinski definition) is 3. The van der Waals surface area contributed by atoms with E-state index in [1.165, 1.54) is 0 Å². The van der Waals surface area contributed by atoms with Crippen molar-refractivity contribution in [1.29, 1.82) is 0 Å². The summed E-state index contributed by atoms with van der Waals surface area (Å²) in [6.45, 7) is 1.98. The Morgan fingerprint density at radius 3 is 2.48 bits per heavy atom. The Morgan fingerprint density at radius 1 is 1.12 bits per heavy atom. The summed E-state index contributed by atoms with van der Waals surface area (Å²) in [4.78, 5) is 4.33. The molecule has 2 aromatic carbocycles. The molecule has 1 unspecified atom stereocenters. The van der Waals surface area contributed by atoms with Crippen molar-refractivity contribution in [2.45, 2.75) is 13.0 Å². The number of methoxy groups -OCH3 is 1. The lowest BCUT2D eigenvalue weighted by Gasteiger charge is -2.09. The molecule has 0 saturated heterocycles. The Hall–Kier alpha value is -2.28. The average Bonchev–Trinajstić information content (AvgIpc) is 2.68. The zero-order chi connectivity index (χ0) is 18.1. The maximum Gasteiger partial charge on any atom is 0.138 e. The number of nitrogens with one attached hydrogen (secondary N) is 1. The standard InChI is InChI=1S/C16H13NO2.C3H9NOS/c1-18-13-7-8-14-15(11-13)17-10-9-16(14)19-12-5-3-2-4-6-12;1-3(2-5)4-6/h2-11H,1H3;3-6H,2H2,1H3. The summed E-state index contributed by atoms with van der Waals surface area (Å²) in [6, 6.07) is 17.4. The first-order chi connectivity index (χ1) is 12.2. The molecule has 1 heterocycles. The fourth-order valence-corrected chi connectivity index (χ4v) is 2.06. The minimum atomic E-state index is 0.105. The summed E-state index contributed by atoms with van der Waals surface area (Å²) >= 11 is 3.69. The number of aliphatic hydroxyl groups is 1. The largest absolute Gasteiger partial charge is 0.497 e. The number of hydrogen-bond acceptors (Lipinski definition) is 6. The number of pyridine rings is 1. The van der Waals surface area contributed by atoms with E-state index in [-0.39, 0.29) is 12.6 Å². The highest BCUT2D eigenvalue weighted by molar-refractivity contribution is 7.78. The van der Waals surface area contributed by atoms with Crippen LogP contribution in [0, 0.1) is 0 Å². The van der Waals surface area contributed by atoms with Crippen molar-refractivity contribution in [3.8, 4) is 17.2 Å². The molecule has 25 heavy (non-hydrogen) atoms. The molecule has 0 fully saturated rings. The van der Waals surface area contributed by atoms with Gasteiger partial charge in [-0.05, 0) is 37.3 Å². The minimum Gasteiger partial charge on any atom is -0.497 e. The number of para-hydroxylation sites is 1. The van der Waals surface area contributed by atoms with E-state index in [9.17, 15) is 0 Å². The van der Waals surface area contributed by atoms with Gasteiger partial charge in [0, 0.05) is 23.7 Å². The van der Waals surface area contributed by atoms with Gasteiger partial charge in [0.15, 0.2) is 0 Å². The molecular weight excluding hydrogens is 336 g/mol. The molecule has 3 aromatic rings. The third-order valence-corrected chi connectivity index (χ3v) is 3.82. The van der Waals surface area contributed by atoms with E-state index in [2.05, 4.69) is 22.5 Å². The van der Waals surface area contributed by atoms with E-state index in [0.717, 1.165) is 28.2 Å². The van der Waals surface area contributed by atoms with Crippen LogP contribution in [0.3, 0.4) is 0 Å². The molecule has 6 heteroatoms. The number of thiol groups is 1. The predicted octanol–water partition coefficient (Wildman–Crippen LogP) is 3.84. The van der Waals surface area contributed by atoms with Crippen molar-refractivity contribution in [2.24, 2.45) is 0 Å². The van der Waals surface area contributed by atoms with Gasteiger partial charge in [-0.15, -0.1) is 0 Å². The number of aliphatic hydroxyl groups excluding tert-OH is 1. The lowest BCUT2D eigenvalue weighted by Crippen LogP contribution is -2.19. The Morgan fingerprint density at radius 2 is 1.88 bits per heavy atom. The van der Waals surface area contributed by atoms with Gasteiger partial charge in [-0.1, -0.05) is 31.0 Å². The quantitative estimate of drug-likeness (QED) is 0.605. The first kappa shape index (κ1) is 19.1. The van der Waals surface area contributed by atoms with Gasteiger partial charge in [0.05, 0.1) is 19.2 Å². The minimum absolute atomic E-state index is 0.105. The van der Waals surface area contributed by atoms with E-state index >= 15 is 0 Å². The maximum atomic E-state index is 8.22. The molecule has 1 aromatic heterocycles. The van der Waals surface area contributed by atoms with Crippen molar-refractivity contribution in [2.75, 3.05) is 13.7 Å². The topological polar surface area (TPSA) is 63.6 Å². The number of aromatic nitrogens is 1. The van der Waals surface area contributed by atoms with Gasteiger partial charge >= 0.3 is 0 Å². The van der Waals surface area contributed by atoms with E-state index in [1.54, 1.807) is 13.3 Å². The van der Waals surface area contributed by atoms with E-state index in [4.69, 9.17) is 14.6 Å². The second-order valence-corrected chi connectivity index (χ2v) is 5.58. The number of ether oxygens (including phenoxy) is 2. The molecule has 3 rings (SSSR count). The molecule has 0 spiro atoms. The molecule has 1 atom stereocenters. The van der Waals surface area contributed by atoms with Crippen LogP contribution in [0.15, 0.2) is 60.8 Å². The molecular formula is C19H22N2O3S. The van der Waals surface area contributed by atoms with Gasteiger partial charge in [-0.25, -0.2) is 0 Å². The Kier molecular flexibility index (Phi) is 7.53. The molecule has 0 aliphatic carbocycles. The first-order valence-corrected chi connectivity index (χ1v) is 8.28. The highest BCUT2D eigenvalue weighted by Gasteiger charge is 2.05. The molecule has 0 radical (unpaired) electrons. The highest BCUT2D eigenvalue weighted by Crippen LogP contribution is 2.30. The Balaban J connectivity index is 0.000000326. The summed E-state index contributed by atoms with van der Waals surface area (Å²) in [5.74, 6) is 2.39. The van der Waals surface area contributed by atoms with Crippen molar-refractivity contribution in [1.82, 2.24) is 9.71 Å². The number of rotatable bonds is 5. The van der Waals surface area contributed by atoms with Gasteiger partial charge in [0.2, 0.25) is 0 Å². The van der Waals surface area contributed by atoms with E-state index < -0.39 is 0 Å². The third kappa shape index (κ3) is 5.63. The normalized spacial score (nSPS) is 11.4. The van der Waals surface area contributed by atoms with E-state index in [0.29, 0.717) is 0 Å². The van der Waals surface area contributed by atoms with Crippen molar-refractivity contribution >= 4 is 23.7 Å². The SMILES string of the molecule is CC(CO)NS.COc1ccc2c(Oc3ccccc3)ccnc2c1. The number of benzene rings is 2. The fraction of sp³-hybridized carbons (Fsp3) is 0.211. The molecule has 2 N–H and O–H groups in total. The zero-order valence-electron chi connectivity index (χ0n) is 14.2. The van der Waals surface area contributed by atoms with Crippen molar-refractivity contribution in [3.63, 3.8) is 0 Å². The third-order valence-electron chi connectivity index (χ3n) is 3.38. The van der Waals surface area contributed by atoms with Gasteiger partial charge in [0.25, 0.3) is 0 Å². The molecule has 0 aliphatic heterocycles. The molecule has 132 valence electrons. The Labute approximate surface area is 153 Å². The van der Waals surface area contributed by atoms with Crippen LogP contribution in [-0.4, -0.2) is 29.8 Å². The first-order valence-electron chi connectivity index (χ1n) is 7.84. The van der Waals surface area contributed by atoms with Crippen LogP contribution in [0.1, 0.15) is 6.92 Å². The van der Waals surface area contributed by atoms with Crippen LogP contribution < -0.4 is 14.2 Å². The summed E-state index contributed by atoms with van der Waals surface area (Å²) < 4.78 is 13.6. The van der Waals surface area contributed by atoms with Crippen LogP contribution in [0.25, 0.3) is 10.9 Å². The molecule has 0 bridgehead atoms. The van der Waals surface area contributed by atoms with Crippen molar-refractivity contribution < 1.29 is 14.6 Å². The number of nitrogens with zero attached hydrogens (tertiary/aromatic N) is 1. The molecule has 5 nitrogen and oxygen atoms in total. The van der Waals surface area contributed by atoms with Gasteiger partial charge < -0.3 is 14.6 Å². The summed E-state index contributed by atoms with van der Waals surface area (Å²) in [7, 11) is 1.64. The van der Waals surface area contributed by atoms with Gasteiger partial charge in [-0.2, -0.15) is 0 Å². The fourth-order valence-electron chi connectivity index (χ4n) is 1.97. The molecule has 0 aliphatic rings. The monoisotopic (exact) mass is 358 g/mol. The predicted molar refractivity (Wildman–Crippen MR) is 103 cm³/mol. The average molecular weight is 358 g/mol. The van der Waals surface area contributed by atoms with Gasteiger partial charge in [-0.3, -0.25) is 9.71 Å². The Bertz CT molecular complexity index is 780. The van der Waals surface area contributed by atoms with Gasteiger partial charge in [0.1, 0.15) is 17.2 Å². The van der Waals surface area contributed by atoms with Crippen LogP contribution in [-0.2, 0) is 0 Å². The maximum absolute atomic E-state index is 8.22. The van der Waals surface area contributed by atoms with E-state index in [1.807, 2.05) is 61.5 Å². The van der Waals surface area contributed by atoms with Crippen LogP contribution in [0.4, 0.5) is 0 Å². The summed E-state index contributed by atoms with van der Waals surface area (Å²) in [5.41, 5.74) is 0.854. The van der Waals surface area contributed by atoms with Crippen molar-refractivity contribution in [3.05, 3.63) is 60.8 Å². The smallest absolute Gasteiger partial charge is 0.138 e. The van der Waals surface area contributed by atoms with Crippen LogP contribution in [0.5, 0.6) is 17.2 Å². The summed E-state index contributed by atoms with van der Waals surface area (Å²) in [5, 5.41) is 9.19. The molecule has 0 amide bonds. The summed E-state index contributed by atoms with van der Waals surface area (Å²) in [6.07, 6.45) is 1.74. The lowest BCUT2D eigenvalue weighted by molar-refractivity contribution is 0.268. The zero-order valence-corrected chi connectivity index (χ0v) is 15.1. The number of fused-ring (bicyclic) bond motifs is 1. The lowest BCUT2D eigenvalue weighted by atomic mass is 10.2.